The van der Waals surface area contributed by atoms with E-state index in [1.165, 1.54) is 38.9 Å². The Balaban J connectivity index is 2.11. The van der Waals surface area contributed by atoms with Gasteiger partial charge in [0, 0.05) is 19.1 Å². The summed E-state index contributed by atoms with van der Waals surface area (Å²) in [5.41, 5.74) is 0. The molecule has 0 aliphatic carbocycles. The van der Waals surface area contributed by atoms with Gasteiger partial charge in [-0.25, -0.2) is 0 Å². The van der Waals surface area contributed by atoms with E-state index in [0.717, 1.165) is 12.5 Å². The third-order valence-electron chi connectivity index (χ3n) is 3.09. The summed E-state index contributed by atoms with van der Waals surface area (Å²) in [6.45, 7) is 11.8. The molecule has 0 spiro atoms. The van der Waals surface area contributed by atoms with Crippen LogP contribution in [-0.2, 0) is 0 Å². The highest BCUT2D eigenvalue weighted by Crippen LogP contribution is 2.15. The standard InChI is InChI=1S/C12H26N2/c1-11(2)13-7-10-14-8-4-5-12(3)6-9-14/h11-13H,4-10H2,1-3H3. The van der Waals surface area contributed by atoms with Crippen molar-refractivity contribution in [3.05, 3.63) is 0 Å². The van der Waals surface area contributed by atoms with Gasteiger partial charge in [0.2, 0.25) is 0 Å². The summed E-state index contributed by atoms with van der Waals surface area (Å²) in [5, 5.41) is 3.48. The Hall–Kier alpha value is -0.0800. The highest BCUT2D eigenvalue weighted by atomic mass is 15.1. The van der Waals surface area contributed by atoms with Crippen molar-refractivity contribution in [2.24, 2.45) is 5.92 Å². The molecule has 1 unspecified atom stereocenters. The fourth-order valence-corrected chi connectivity index (χ4v) is 2.06. The highest BCUT2D eigenvalue weighted by molar-refractivity contribution is 4.68. The lowest BCUT2D eigenvalue weighted by molar-refractivity contribution is 0.278. The van der Waals surface area contributed by atoms with Crippen molar-refractivity contribution in [2.45, 2.75) is 46.1 Å². The molecular weight excluding hydrogens is 172 g/mol. The zero-order chi connectivity index (χ0) is 10.4. The molecule has 14 heavy (non-hydrogen) atoms. The van der Waals surface area contributed by atoms with Crippen molar-refractivity contribution in [2.75, 3.05) is 26.2 Å². The second-order valence-electron chi connectivity index (χ2n) is 4.99. The maximum absolute atomic E-state index is 3.48. The van der Waals surface area contributed by atoms with E-state index in [1.807, 2.05) is 0 Å². The van der Waals surface area contributed by atoms with Crippen LogP contribution in [0.1, 0.15) is 40.0 Å². The molecule has 0 saturated carbocycles. The lowest BCUT2D eigenvalue weighted by atomic mass is 10.0. The average Bonchev–Trinajstić information content (AvgIpc) is 2.30. The van der Waals surface area contributed by atoms with Gasteiger partial charge in [-0.1, -0.05) is 20.8 Å². The molecule has 1 N–H and O–H groups in total. The Morgan fingerprint density at radius 2 is 2.07 bits per heavy atom. The van der Waals surface area contributed by atoms with Crippen LogP contribution in [0.2, 0.25) is 0 Å². The van der Waals surface area contributed by atoms with Crippen LogP contribution in [0.25, 0.3) is 0 Å². The number of nitrogens with zero attached hydrogens (tertiary/aromatic N) is 1. The predicted octanol–water partition coefficient (Wildman–Crippen LogP) is 2.11. The van der Waals surface area contributed by atoms with E-state index < -0.39 is 0 Å². The van der Waals surface area contributed by atoms with E-state index >= 15 is 0 Å². The monoisotopic (exact) mass is 198 g/mol. The Kier molecular flexibility index (Phi) is 5.49. The minimum atomic E-state index is 0.626. The van der Waals surface area contributed by atoms with Crippen LogP contribution in [0.15, 0.2) is 0 Å². The first kappa shape index (κ1) is 12.0. The smallest absolute Gasteiger partial charge is 0.0107 e. The quantitative estimate of drug-likeness (QED) is 0.744. The van der Waals surface area contributed by atoms with E-state index in [2.05, 4.69) is 31.0 Å². The van der Waals surface area contributed by atoms with Crippen LogP contribution in [0.5, 0.6) is 0 Å². The van der Waals surface area contributed by atoms with Crippen molar-refractivity contribution in [1.29, 1.82) is 0 Å². The van der Waals surface area contributed by atoms with E-state index in [-0.39, 0.29) is 0 Å². The molecule has 0 bridgehead atoms. The van der Waals surface area contributed by atoms with E-state index in [1.54, 1.807) is 0 Å². The molecule has 1 atom stereocenters. The first-order chi connectivity index (χ1) is 6.68. The van der Waals surface area contributed by atoms with Crippen LogP contribution in [0.3, 0.4) is 0 Å². The Morgan fingerprint density at radius 3 is 2.79 bits per heavy atom. The molecule has 0 aromatic rings. The molecule has 2 nitrogen and oxygen atoms in total. The summed E-state index contributed by atoms with van der Waals surface area (Å²) >= 11 is 0. The first-order valence-electron chi connectivity index (χ1n) is 6.14. The van der Waals surface area contributed by atoms with Gasteiger partial charge in [-0.05, 0) is 38.3 Å². The SMILES string of the molecule is CC1CCCN(CCNC(C)C)CC1. The number of rotatable bonds is 4. The molecule has 0 aromatic heterocycles. The van der Waals surface area contributed by atoms with Gasteiger partial charge in [-0.3, -0.25) is 0 Å². The van der Waals surface area contributed by atoms with Crippen molar-refractivity contribution in [1.82, 2.24) is 10.2 Å². The van der Waals surface area contributed by atoms with E-state index in [4.69, 9.17) is 0 Å². The predicted molar refractivity (Wildman–Crippen MR) is 62.6 cm³/mol. The largest absolute Gasteiger partial charge is 0.313 e. The lowest BCUT2D eigenvalue weighted by Gasteiger charge is -2.20. The average molecular weight is 198 g/mol. The molecule has 2 heteroatoms. The highest BCUT2D eigenvalue weighted by Gasteiger charge is 2.12. The van der Waals surface area contributed by atoms with Crippen LogP contribution < -0.4 is 5.32 Å². The fourth-order valence-electron chi connectivity index (χ4n) is 2.06. The first-order valence-corrected chi connectivity index (χ1v) is 6.14. The molecule has 0 amide bonds. The lowest BCUT2D eigenvalue weighted by Crippen LogP contribution is -2.35. The maximum Gasteiger partial charge on any atom is 0.0107 e. The van der Waals surface area contributed by atoms with Gasteiger partial charge < -0.3 is 10.2 Å². The second-order valence-corrected chi connectivity index (χ2v) is 4.99. The molecule has 0 radical (unpaired) electrons. The van der Waals surface area contributed by atoms with Gasteiger partial charge in [0.05, 0.1) is 0 Å². The van der Waals surface area contributed by atoms with E-state index in [9.17, 15) is 0 Å². The number of likely N-dealkylation sites (tertiary alicyclic amines) is 1. The maximum atomic E-state index is 3.48. The molecule has 1 rings (SSSR count). The van der Waals surface area contributed by atoms with Crippen molar-refractivity contribution < 1.29 is 0 Å². The van der Waals surface area contributed by atoms with Crippen molar-refractivity contribution >= 4 is 0 Å². The van der Waals surface area contributed by atoms with Gasteiger partial charge in [-0.15, -0.1) is 0 Å². The van der Waals surface area contributed by atoms with Gasteiger partial charge in [-0.2, -0.15) is 0 Å². The fraction of sp³-hybridized carbons (Fsp3) is 1.00. The molecule has 84 valence electrons. The Bertz CT molecular complexity index is 145. The molecule has 1 heterocycles. The Morgan fingerprint density at radius 1 is 1.29 bits per heavy atom. The number of hydrogen-bond donors (Lipinski definition) is 1. The summed E-state index contributed by atoms with van der Waals surface area (Å²) in [7, 11) is 0. The number of nitrogens with one attached hydrogen (secondary N) is 1. The normalized spacial score (nSPS) is 25.3. The van der Waals surface area contributed by atoms with Gasteiger partial charge >= 0.3 is 0 Å². The summed E-state index contributed by atoms with van der Waals surface area (Å²) in [5.74, 6) is 0.943. The molecular formula is C12H26N2. The molecule has 1 fully saturated rings. The van der Waals surface area contributed by atoms with Crippen LogP contribution in [0.4, 0.5) is 0 Å². The van der Waals surface area contributed by atoms with Gasteiger partial charge in [0.1, 0.15) is 0 Å². The van der Waals surface area contributed by atoms with Crippen molar-refractivity contribution in [3.8, 4) is 0 Å². The summed E-state index contributed by atoms with van der Waals surface area (Å²) in [6.07, 6.45) is 4.21. The summed E-state index contributed by atoms with van der Waals surface area (Å²) in [4.78, 5) is 2.61. The zero-order valence-electron chi connectivity index (χ0n) is 10.1. The minimum absolute atomic E-state index is 0.626. The third-order valence-corrected chi connectivity index (χ3v) is 3.09. The minimum Gasteiger partial charge on any atom is -0.313 e. The van der Waals surface area contributed by atoms with Crippen LogP contribution in [0, 0.1) is 5.92 Å². The van der Waals surface area contributed by atoms with Crippen LogP contribution in [-0.4, -0.2) is 37.1 Å². The third kappa shape index (κ3) is 4.97. The topological polar surface area (TPSA) is 15.3 Å². The second kappa shape index (κ2) is 6.41. The van der Waals surface area contributed by atoms with Crippen molar-refractivity contribution in [3.63, 3.8) is 0 Å². The Labute approximate surface area is 89.1 Å². The molecule has 1 saturated heterocycles. The molecule has 1 aliphatic heterocycles. The molecule has 0 aromatic carbocycles. The zero-order valence-corrected chi connectivity index (χ0v) is 10.1. The molecule has 1 aliphatic rings. The van der Waals surface area contributed by atoms with E-state index in [0.29, 0.717) is 6.04 Å². The van der Waals surface area contributed by atoms with Crippen LogP contribution >= 0.6 is 0 Å². The number of hydrogen-bond acceptors (Lipinski definition) is 2. The van der Waals surface area contributed by atoms with Gasteiger partial charge in [0.25, 0.3) is 0 Å². The summed E-state index contributed by atoms with van der Waals surface area (Å²) < 4.78 is 0. The summed E-state index contributed by atoms with van der Waals surface area (Å²) in [6, 6.07) is 0.626. The van der Waals surface area contributed by atoms with Gasteiger partial charge in [0.15, 0.2) is 0 Å².